The minimum absolute atomic E-state index is 0.192. The van der Waals surface area contributed by atoms with Gasteiger partial charge in [-0.3, -0.25) is 4.98 Å². The van der Waals surface area contributed by atoms with Gasteiger partial charge in [-0.1, -0.05) is 0 Å². The van der Waals surface area contributed by atoms with Gasteiger partial charge in [0.25, 0.3) is 0 Å². The fourth-order valence-electron chi connectivity index (χ4n) is 0.756. The molecular weight excluding hydrogens is 158 g/mol. The van der Waals surface area contributed by atoms with E-state index in [1.807, 2.05) is 0 Å². The number of carbonyl (C=O) groups is 1. The summed E-state index contributed by atoms with van der Waals surface area (Å²) >= 11 is 0. The van der Waals surface area contributed by atoms with Crippen molar-refractivity contribution in [3.63, 3.8) is 0 Å². The highest BCUT2D eigenvalue weighted by Crippen LogP contribution is 1.97. The summed E-state index contributed by atoms with van der Waals surface area (Å²) in [6, 6.07) is 3.19. The molecule has 3 N–H and O–H groups in total. The number of carboxylic acids is 1. The zero-order valence-electron chi connectivity index (χ0n) is 6.14. The van der Waals surface area contributed by atoms with Gasteiger partial charge < -0.3 is 10.9 Å². The van der Waals surface area contributed by atoms with Crippen LogP contribution >= 0.6 is 0 Å². The van der Waals surface area contributed by atoms with Crippen LogP contribution in [0.5, 0.6) is 0 Å². The molecule has 0 aliphatic carbocycles. The van der Waals surface area contributed by atoms with Gasteiger partial charge in [-0.15, -0.1) is 0 Å². The maximum atomic E-state index is 10.5. The number of carboxylic acid groups (broad SMARTS) is 1. The van der Waals surface area contributed by atoms with E-state index in [1.54, 1.807) is 18.3 Å². The van der Waals surface area contributed by atoms with Crippen LogP contribution < -0.4 is 5.84 Å². The Bertz CT molecular complexity index is 308. The van der Waals surface area contributed by atoms with Crippen molar-refractivity contribution < 1.29 is 9.90 Å². The first-order valence-electron chi connectivity index (χ1n) is 3.17. The van der Waals surface area contributed by atoms with Crippen LogP contribution in [0.25, 0.3) is 0 Å². The van der Waals surface area contributed by atoms with Gasteiger partial charge in [0.2, 0.25) is 0 Å². The topological polar surface area (TPSA) is 88.6 Å². The highest BCUT2D eigenvalue weighted by molar-refractivity contribution is 6.42. The van der Waals surface area contributed by atoms with Crippen molar-refractivity contribution in [2.45, 2.75) is 0 Å². The smallest absolute Gasteiger partial charge is 0.356 e. The Kier molecular flexibility index (Phi) is 2.37. The number of pyridine rings is 1. The highest BCUT2D eigenvalue weighted by atomic mass is 16.4. The first-order valence-corrected chi connectivity index (χ1v) is 3.17. The van der Waals surface area contributed by atoms with E-state index in [0.717, 1.165) is 0 Å². The predicted molar refractivity (Wildman–Crippen MR) is 42.6 cm³/mol. The summed E-state index contributed by atoms with van der Waals surface area (Å²) in [6.45, 7) is 0. The Balaban J connectivity index is 3.05. The number of aliphatic carboxylic acids is 1. The van der Waals surface area contributed by atoms with Gasteiger partial charge in [-0.2, -0.15) is 5.10 Å². The Morgan fingerprint density at radius 1 is 1.67 bits per heavy atom. The molecule has 0 aliphatic heterocycles. The molecular formula is C7H7N3O2. The summed E-state index contributed by atoms with van der Waals surface area (Å²) in [6.07, 6.45) is 2.93. The van der Waals surface area contributed by atoms with Crippen molar-refractivity contribution in [1.82, 2.24) is 4.98 Å². The molecule has 12 heavy (non-hydrogen) atoms. The van der Waals surface area contributed by atoms with Crippen molar-refractivity contribution >= 4 is 11.7 Å². The molecule has 1 aromatic heterocycles. The van der Waals surface area contributed by atoms with E-state index < -0.39 is 5.97 Å². The van der Waals surface area contributed by atoms with Gasteiger partial charge in [-0.05, 0) is 12.1 Å². The monoisotopic (exact) mass is 165 g/mol. The molecule has 0 amide bonds. The number of aromatic nitrogens is 1. The maximum absolute atomic E-state index is 10.5. The second-order valence-corrected chi connectivity index (χ2v) is 2.02. The molecule has 5 heteroatoms. The van der Waals surface area contributed by atoms with E-state index in [0.29, 0.717) is 5.56 Å². The molecule has 1 heterocycles. The largest absolute Gasteiger partial charge is 0.476 e. The Morgan fingerprint density at radius 2 is 2.42 bits per heavy atom. The molecule has 62 valence electrons. The van der Waals surface area contributed by atoms with E-state index in [2.05, 4.69) is 10.1 Å². The molecule has 0 unspecified atom stereocenters. The van der Waals surface area contributed by atoms with Gasteiger partial charge in [0.15, 0.2) is 5.71 Å². The van der Waals surface area contributed by atoms with Crippen molar-refractivity contribution in [3.05, 3.63) is 30.1 Å². The minimum Gasteiger partial charge on any atom is -0.476 e. The first kappa shape index (κ1) is 8.19. The van der Waals surface area contributed by atoms with Crippen molar-refractivity contribution in [1.29, 1.82) is 0 Å². The second-order valence-electron chi connectivity index (χ2n) is 2.02. The zero-order chi connectivity index (χ0) is 8.97. The van der Waals surface area contributed by atoms with E-state index in [1.165, 1.54) is 6.20 Å². The Labute approximate surface area is 68.5 Å². The molecule has 0 bridgehead atoms. The molecule has 0 aliphatic rings. The molecule has 0 radical (unpaired) electrons. The van der Waals surface area contributed by atoms with E-state index >= 15 is 0 Å². The highest BCUT2D eigenvalue weighted by Gasteiger charge is 2.10. The lowest BCUT2D eigenvalue weighted by atomic mass is 10.2. The van der Waals surface area contributed by atoms with E-state index in [4.69, 9.17) is 10.9 Å². The number of hydrazone groups is 1. The number of nitrogens with two attached hydrogens (primary N) is 1. The molecule has 1 aromatic rings. The second kappa shape index (κ2) is 3.47. The van der Waals surface area contributed by atoms with Crippen LogP contribution in [-0.4, -0.2) is 21.8 Å². The third-order valence-electron chi connectivity index (χ3n) is 1.27. The van der Waals surface area contributed by atoms with Crippen LogP contribution in [0.1, 0.15) is 5.56 Å². The third kappa shape index (κ3) is 1.57. The van der Waals surface area contributed by atoms with Crippen LogP contribution in [0, 0.1) is 0 Å². The summed E-state index contributed by atoms with van der Waals surface area (Å²) in [5, 5.41) is 11.7. The lowest BCUT2D eigenvalue weighted by molar-refractivity contribution is -0.129. The van der Waals surface area contributed by atoms with Crippen LogP contribution in [0.3, 0.4) is 0 Å². The van der Waals surface area contributed by atoms with Gasteiger partial charge in [-0.25, -0.2) is 4.79 Å². The summed E-state index contributed by atoms with van der Waals surface area (Å²) < 4.78 is 0. The van der Waals surface area contributed by atoms with Crippen molar-refractivity contribution in [2.75, 3.05) is 0 Å². The minimum atomic E-state index is -1.16. The summed E-state index contributed by atoms with van der Waals surface area (Å²) in [4.78, 5) is 14.2. The van der Waals surface area contributed by atoms with E-state index in [-0.39, 0.29) is 5.71 Å². The predicted octanol–water partition coefficient (Wildman–Crippen LogP) is -0.171. The molecule has 5 nitrogen and oxygen atoms in total. The van der Waals surface area contributed by atoms with Gasteiger partial charge in [0, 0.05) is 18.0 Å². The van der Waals surface area contributed by atoms with Crippen molar-refractivity contribution in [2.24, 2.45) is 10.9 Å². The molecule has 1 rings (SSSR count). The number of rotatable bonds is 2. The fourth-order valence-corrected chi connectivity index (χ4v) is 0.756. The molecule has 0 saturated carbocycles. The molecule has 0 fully saturated rings. The van der Waals surface area contributed by atoms with Crippen LogP contribution in [0.15, 0.2) is 29.6 Å². The lowest BCUT2D eigenvalue weighted by Crippen LogP contribution is -2.16. The van der Waals surface area contributed by atoms with Gasteiger partial charge in [0.1, 0.15) is 0 Å². The summed E-state index contributed by atoms with van der Waals surface area (Å²) in [5.74, 6) is 3.72. The van der Waals surface area contributed by atoms with Gasteiger partial charge >= 0.3 is 5.97 Å². The number of hydrogen-bond donors (Lipinski definition) is 2. The molecule has 0 saturated heterocycles. The van der Waals surface area contributed by atoms with E-state index in [9.17, 15) is 4.79 Å². The lowest BCUT2D eigenvalue weighted by Gasteiger charge is -1.96. The number of nitrogens with zero attached hydrogens (tertiary/aromatic N) is 2. The normalized spacial score (nSPS) is 11.2. The Morgan fingerprint density at radius 3 is 2.83 bits per heavy atom. The standard InChI is InChI=1S/C7H7N3O2/c8-10-6(7(11)12)5-2-1-3-9-4-5/h1-4H,8H2,(H,11,12)/b10-6+. The average Bonchev–Trinajstić information content (AvgIpc) is 2.07. The number of hydrogen-bond acceptors (Lipinski definition) is 4. The quantitative estimate of drug-likeness (QED) is 0.361. The van der Waals surface area contributed by atoms with Crippen LogP contribution in [0.4, 0.5) is 0 Å². The molecule has 0 aromatic carbocycles. The molecule has 0 atom stereocenters. The summed E-state index contributed by atoms with van der Waals surface area (Å²) in [7, 11) is 0. The maximum Gasteiger partial charge on any atom is 0.356 e. The van der Waals surface area contributed by atoms with Crippen LogP contribution in [0.2, 0.25) is 0 Å². The SMILES string of the molecule is N/N=C(/C(=O)O)c1cccnc1. The Hall–Kier alpha value is -1.91. The zero-order valence-corrected chi connectivity index (χ0v) is 6.14. The summed E-state index contributed by atoms with van der Waals surface area (Å²) in [5.41, 5.74) is 0.204. The fraction of sp³-hybridized carbons (Fsp3) is 0. The van der Waals surface area contributed by atoms with Crippen molar-refractivity contribution in [3.8, 4) is 0 Å². The first-order chi connectivity index (χ1) is 5.75. The average molecular weight is 165 g/mol. The molecule has 0 spiro atoms. The van der Waals surface area contributed by atoms with Gasteiger partial charge in [0.05, 0.1) is 0 Å². The van der Waals surface area contributed by atoms with Crippen LogP contribution in [-0.2, 0) is 4.79 Å². The third-order valence-corrected chi connectivity index (χ3v) is 1.27.